The van der Waals surface area contributed by atoms with Gasteiger partial charge < -0.3 is 24.8 Å². The number of thiophene rings is 1. The van der Waals surface area contributed by atoms with Crippen LogP contribution in [0.25, 0.3) is 32.6 Å². The van der Waals surface area contributed by atoms with Crippen molar-refractivity contribution in [1.82, 2.24) is 20.8 Å². The molecule has 2 N–H and O–H groups in total. The first kappa shape index (κ1) is 28.4. The Balaban J connectivity index is 1.13. The third-order valence-corrected chi connectivity index (χ3v) is 8.55. The SMILES string of the molecule is O=C(NCCOCCOc1cc(F)ccc1-c1nnc(-c2ccc3c(c2)CCNC3)c2c(F)csc12)OC1CCCC1. The first-order chi connectivity index (χ1) is 20.6. The van der Waals surface area contributed by atoms with E-state index >= 15 is 4.39 Å². The summed E-state index contributed by atoms with van der Waals surface area (Å²) in [7, 11) is 0. The molecule has 1 aliphatic carbocycles. The van der Waals surface area contributed by atoms with Crippen molar-refractivity contribution in [2.75, 3.05) is 32.9 Å². The molecule has 0 atom stereocenters. The van der Waals surface area contributed by atoms with Crippen molar-refractivity contribution in [2.24, 2.45) is 0 Å². The van der Waals surface area contributed by atoms with E-state index < -0.39 is 11.9 Å². The van der Waals surface area contributed by atoms with Gasteiger partial charge in [0.25, 0.3) is 0 Å². The lowest BCUT2D eigenvalue weighted by atomic mass is 9.96. The Kier molecular flexibility index (Phi) is 8.87. The van der Waals surface area contributed by atoms with Crippen LogP contribution in [0.1, 0.15) is 36.8 Å². The number of aromatic nitrogens is 2. The van der Waals surface area contributed by atoms with Crippen molar-refractivity contribution < 1.29 is 27.8 Å². The predicted molar refractivity (Wildman–Crippen MR) is 157 cm³/mol. The summed E-state index contributed by atoms with van der Waals surface area (Å²) in [6.45, 7) is 2.65. The van der Waals surface area contributed by atoms with E-state index in [1.807, 2.05) is 6.07 Å². The molecule has 11 heteroatoms. The van der Waals surface area contributed by atoms with Crippen LogP contribution in [-0.2, 0) is 22.4 Å². The van der Waals surface area contributed by atoms with Gasteiger partial charge in [0, 0.05) is 35.7 Å². The molecule has 1 aliphatic heterocycles. The minimum absolute atomic E-state index is 0.00828. The van der Waals surface area contributed by atoms with E-state index in [0.29, 0.717) is 33.6 Å². The molecule has 0 radical (unpaired) electrons. The lowest BCUT2D eigenvalue weighted by Crippen LogP contribution is -2.30. The van der Waals surface area contributed by atoms with Crippen LogP contribution in [0.2, 0.25) is 0 Å². The van der Waals surface area contributed by atoms with E-state index in [0.717, 1.165) is 50.8 Å². The zero-order valence-electron chi connectivity index (χ0n) is 23.1. The Morgan fingerprint density at radius 3 is 2.76 bits per heavy atom. The molecule has 4 aromatic rings. The van der Waals surface area contributed by atoms with Gasteiger partial charge in [0.15, 0.2) is 0 Å². The number of ether oxygens (including phenoxy) is 3. The number of fused-ring (bicyclic) bond motifs is 2. The van der Waals surface area contributed by atoms with Gasteiger partial charge in [-0.05, 0) is 68.0 Å². The number of alkyl carbamates (subject to hydrolysis) is 1. The lowest BCUT2D eigenvalue weighted by molar-refractivity contribution is 0.0857. The first-order valence-electron chi connectivity index (χ1n) is 14.3. The molecule has 2 aromatic carbocycles. The summed E-state index contributed by atoms with van der Waals surface area (Å²) < 4.78 is 46.8. The standard InChI is InChI=1S/C31H32F2N4O4S/c32-22-7-8-24(26(16-22)40-14-13-39-12-11-35-31(38)41-23-3-1-2-4-23)29-30-27(25(33)18-42-30)28(36-37-29)20-5-6-21-17-34-10-9-19(21)15-20/h5-8,15-16,18,23,34H,1-4,9-14,17H2,(H,35,38). The Labute approximate surface area is 246 Å². The average Bonchev–Trinajstić information content (AvgIpc) is 3.66. The van der Waals surface area contributed by atoms with Crippen molar-refractivity contribution in [3.05, 3.63) is 64.5 Å². The van der Waals surface area contributed by atoms with Gasteiger partial charge in [-0.1, -0.05) is 12.1 Å². The van der Waals surface area contributed by atoms with Crippen molar-refractivity contribution in [2.45, 2.75) is 44.8 Å². The molecule has 0 bridgehead atoms. The number of carbonyl (C=O) groups excluding carboxylic acids is 1. The van der Waals surface area contributed by atoms with Gasteiger partial charge in [-0.2, -0.15) is 0 Å². The number of rotatable bonds is 10. The highest BCUT2D eigenvalue weighted by atomic mass is 32.1. The number of hydrogen-bond acceptors (Lipinski definition) is 8. The largest absolute Gasteiger partial charge is 0.490 e. The Morgan fingerprint density at radius 2 is 1.88 bits per heavy atom. The number of halogens is 2. The van der Waals surface area contributed by atoms with Gasteiger partial charge in [0.2, 0.25) is 0 Å². The van der Waals surface area contributed by atoms with Gasteiger partial charge in [0.05, 0.1) is 23.3 Å². The number of carbonyl (C=O) groups is 1. The summed E-state index contributed by atoms with van der Waals surface area (Å²) >= 11 is 1.23. The van der Waals surface area contributed by atoms with E-state index in [2.05, 4.69) is 33.0 Å². The number of hydrogen-bond donors (Lipinski definition) is 2. The van der Waals surface area contributed by atoms with E-state index in [1.165, 1.54) is 40.0 Å². The predicted octanol–water partition coefficient (Wildman–Crippen LogP) is 6.01. The summed E-state index contributed by atoms with van der Waals surface area (Å²) in [4.78, 5) is 11.8. The van der Waals surface area contributed by atoms with E-state index in [-0.39, 0.29) is 37.5 Å². The molecule has 2 aliphatic rings. The second kappa shape index (κ2) is 13.1. The molecule has 2 aromatic heterocycles. The fraction of sp³-hybridized carbons (Fsp3) is 0.387. The molecule has 42 heavy (non-hydrogen) atoms. The highest BCUT2D eigenvalue weighted by Gasteiger charge is 2.22. The number of nitrogens with zero attached hydrogens (tertiary/aromatic N) is 2. The summed E-state index contributed by atoms with van der Waals surface area (Å²) in [5.41, 5.74) is 4.67. The van der Waals surface area contributed by atoms with Crippen LogP contribution in [0.3, 0.4) is 0 Å². The topological polar surface area (TPSA) is 94.6 Å². The summed E-state index contributed by atoms with van der Waals surface area (Å²) in [6.07, 6.45) is 4.49. The molecule has 0 unspecified atom stereocenters. The van der Waals surface area contributed by atoms with Crippen LogP contribution in [-0.4, -0.2) is 55.3 Å². The molecular formula is C31H32F2N4O4S. The molecule has 6 rings (SSSR count). The zero-order chi connectivity index (χ0) is 28.9. The van der Waals surface area contributed by atoms with Crippen molar-refractivity contribution in [1.29, 1.82) is 0 Å². The van der Waals surface area contributed by atoms with Crippen LogP contribution in [0.15, 0.2) is 41.8 Å². The molecule has 0 saturated heterocycles. The number of nitrogens with one attached hydrogen (secondary N) is 2. The fourth-order valence-electron chi connectivity index (χ4n) is 5.48. The second-order valence-corrected chi connectivity index (χ2v) is 11.3. The molecule has 220 valence electrons. The van der Waals surface area contributed by atoms with E-state index in [1.54, 1.807) is 6.07 Å². The molecule has 8 nitrogen and oxygen atoms in total. The van der Waals surface area contributed by atoms with Gasteiger partial charge >= 0.3 is 6.09 Å². The maximum Gasteiger partial charge on any atom is 0.407 e. The maximum absolute atomic E-state index is 15.2. The molecule has 1 fully saturated rings. The van der Waals surface area contributed by atoms with Crippen LogP contribution in [0.5, 0.6) is 5.75 Å². The molecular weight excluding hydrogens is 562 g/mol. The van der Waals surface area contributed by atoms with E-state index in [4.69, 9.17) is 14.2 Å². The molecule has 0 spiro atoms. The summed E-state index contributed by atoms with van der Waals surface area (Å²) in [5.74, 6) is -0.587. The Bertz CT molecular complexity index is 1570. The van der Waals surface area contributed by atoms with Crippen LogP contribution in [0, 0.1) is 11.6 Å². The van der Waals surface area contributed by atoms with Crippen molar-refractivity contribution in [3.63, 3.8) is 0 Å². The zero-order valence-corrected chi connectivity index (χ0v) is 23.9. The third kappa shape index (κ3) is 6.38. The second-order valence-electron chi connectivity index (χ2n) is 10.4. The van der Waals surface area contributed by atoms with Crippen LogP contribution >= 0.6 is 11.3 Å². The molecule has 1 saturated carbocycles. The van der Waals surface area contributed by atoms with E-state index in [9.17, 15) is 9.18 Å². The maximum atomic E-state index is 15.2. The Hall–Kier alpha value is -3.67. The molecule has 3 heterocycles. The minimum atomic E-state index is -0.471. The minimum Gasteiger partial charge on any atom is -0.490 e. The molecule has 1 amide bonds. The van der Waals surface area contributed by atoms with Crippen LogP contribution in [0.4, 0.5) is 13.6 Å². The quantitative estimate of drug-likeness (QED) is 0.217. The van der Waals surface area contributed by atoms with Crippen molar-refractivity contribution in [3.8, 4) is 28.3 Å². The normalized spacial score (nSPS) is 15.1. The summed E-state index contributed by atoms with van der Waals surface area (Å²) in [5, 5.41) is 16.8. The smallest absolute Gasteiger partial charge is 0.407 e. The first-order valence-corrected chi connectivity index (χ1v) is 15.2. The van der Waals surface area contributed by atoms with Gasteiger partial charge in [-0.15, -0.1) is 21.5 Å². The highest BCUT2D eigenvalue weighted by Crippen LogP contribution is 2.41. The van der Waals surface area contributed by atoms with Gasteiger partial charge in [0.1, 0.15) is 41.5 Å². The van der Waals surface area contributed by atoms with Crippen molar-refractivity contribution >= 4 is 27.5 Å². The lowest BCUT2D eigenvalue weighted by Gasteiger charge is -2.18. The number of amides is 1. The average molecular weight is 595 g/mol. The fourth-order valence-corrected chi connectivity index (χ4v) is 6.39. The number of benzene rings is 2. The third-order valence-electron chi connectivity index (χ3n) is 7.59. The summed E-state index contributed by atoms with van der Waals surface area (Å²) in [6, 6.07) is 10.2. The monoisotopic (exact) mass is 594 g/mol. The highest BCUT2D eigenvalue weighted by molar-refractivity contribution is 7.17. The van der Waals surface area contributed by atoms with Gasteiger partial charge in [-0.3, -0.25) is 0 Å². The van der Waals surface area contributed by atoms with Crippen LogP contribution < -0.4 is 15.4 Å². The Morgan fingerprint density at radius 1 is 1.02 bits per heavy atom. The van der Waals surface area contributed by atoms with Gasteiger partial charge in [-0.25, -0.2) is 13.6 Å².